The summed E-state index contributed by atoms with van der Waals surface area (Å²) in [5.74, 6) is 2.22. The van der Waals surface area contributed by atoms with Crippen molar-refractivity contribution in [2.24, 2.45) is 5.92 Å². The number of rotatable bonds is 6. The number of nitrogens with zero attached hydrogens (tertiary/aromatic N) is 4. The molecule has 2 aromatic heterocycles. The van der Waals surface area contributed by atoms with Gasteiger partial charge in [-0.2, -0.15) is 10.3 Å². The monoisotopic (exact) mass is 385 g/mol. The molecule has 0 radical (unpaired) electrons. The van der Waals surface area contributed by atoms with E-state index >= 15 is 0 Å². The van der Waals surface area contributed by atoms with Gasteiger partial charge in [-0.05, 0) is 30.9 Å². The third-order valence-electron chi connectivity index (χ3n) is 4.75. The van der Waals surface area contributed by atoms with Crippen LogP contribution in [0.1, 0.15) is 18.7 Å². The highest BCUT2D eigenvalue weighted by Crippen LogP contribution is 2.21. The molecular formula is C18H23N7OS. The molecule has 1 atom stereocenters. The number of amides is 2. The second kappa shape index (κ2) is 8.43. The van der Waals surface area contributed by atoms with Crippen molar-refractivity contribution in [1.82, 2.24) is 35.6 Å². The molecule has 1 aliphatic heterocycles. The lowest BCUT2D eigenvalue weighted by Gasteiger charge is -2.32. The van der Waals surface area contributed by atoms with E-state index in [0.29, 0.717) is 12.5 Å². The van der Waals surface area contributed by atoms with Crippen LogP contribution in [0.3, 0.4) is 0 Å². The van der Waals surface area contributed by atoms with Gasteiger partial charge in [0.1, 0.15) is 10.9 Å². The van der Waals surface area contributed by atoms with Gasteiger partial charge in [0.05, 0.1) is 17.2 Å². The molecule has 2 amide bonds. The van der Waals surface area contributed by atoms with Crippen LogP contribution in [0.25, 0.3) is 11.0 Å². The number of likely N-dealkylation sites (tertiary alicyclic amines) is 1. The van der Waals surface area contributed by atoms with Gasteiger partial charge in [0.25, 0.3) is 0 Å². The molecule has 3 N–H and O–H groups in total. The van der Waals surface area contributed by atoms with Crippen molar-refractivity contribution in [1.29, 1.82) is 0 Å². The number of H-pyrrole nitrogens is 2. The van der Waals surface area contributed by atoms with Crippen LogP contribution in [0.2, 0.25) is 0 Å². The molecule has 0 saturated carbocycles. The quantitative estimate of drug-likeness (QED) is 0.447. The van der Waals surface area contributed by atoms with Crippen molar-refractivity contribution < 1.29 is 4.79 Å². The Balaban J connectivity index is 1.25. The molecule has 1 saturated heterocycles. The summed E-state index contributed by atoms with van der Waals surface area (Å²) in [6.45, 7) is 2.21. The number of imidazole rings is 1. The number of nitrogens with one attached hydrogen (secondary N) is 3. The lowest BCUT2D eigenvalue weighted by atomic mass is 9.95. The van der Waals surface area contributed by atoms with E-state index in [1.165, 1.54) is 0 Å². The summed E-state index contributed by atoms with van der Waals surface area (Å²) in [6.07, 6.45) is 4.72. The summed E-state index contributed by atoms with van der Waals surface area (Å²) in [6, 6.07) is 8.10. The van der Waals surface area contributed by atoms with Gasteiger partial charge < -0.3 is 15.2 Å². The highest BCUT2D eigenvalue weighted by molar-refractivity contribution is 7.99. The molecule has 27 heavy (non-hydrogen) atoms. The molecule has 3 heterocycles. The van der Waals surface area contributed by atoms with Crippen molar-refractivity contribution in [3.63, 3.8) is 0 Å². The number of hydrogen-bond acceptors (Lipinski definition) is 5. The highest BCUT2D eigenvalue weighted by atomic mass is 32.2. The molecule has 9 heteroatoms. The van der Waals surface area contributed by atoms with Gasteiger partial charge in [-0.15, -0.1) is 16.9 Å². The molecule has 1 aromatic carbocycles. The van der Waals surface area contributed by atoms with E-state index in [-0.39, 0.29) is 6.03 Å². The van der Waals surface area contributed by atoms with E-state index in [9.17, 15) is 4.79 Å². The SMILES string of the molecule is O=C(NCCSc1cn[nH]n1)N1CCCC(Cc2nc3ccccc3[nH]2)C1. The zero-order chi connectivity index (χ0) is 18.5. The minimum Gasteiger partial charge on any atom is -0.342 e. The summed E-state index contributed by atoms with van der Waals surface area (Å²) in [5, 5.41) is 14.2. The van der Waals surface area contributed by atoms with Gasteiger partial charge in [0.2, 0.25) is 0 Å². The normalized spacial score (nSPS) is 17.3. The van der Waals surface area contributed by atoms with Crippen molar-refractivity contribution in [2.45, 2.75) is 24.3 Å². The summed E-state index contributed by atoms with van der Waals surface area (Å²) < 4.78 is 0. The van der Waals surface area contributed by atoms with Gasteiger partial charge in [-0.3, -0.25) is 0 Å². The Labute approximate surface area is 161 Å². The van der Waals surface area contributed by atoms with Crippen LogP contribution in [0.5, 0.6) is 0 Å². The van der Waals surface area contributed by atoms with Crippen LogP contribution in [-0.4, -0.2) is 61.7 Å². The van der Waals surface area contributed by atoms with Crippen LogP contribution in [0.4, 0.5) is 4.79 Å². The standard InChI is InChI=1S/C18H23N7OS/c26-18(19-7-9-27-17-11-20-24-23-17)25-8-3-4-13(12-25)10-16-21-14-5-1-2-6-15(14)22-16/h1-2,5-6,11,13H,3-4,7-10,12H2,(H,19,26)(H,21,22)(H,20,23,24). The summed E-state index contributed by atoms with van der Waals surface area (Å²) in [5.41, 5.74) is 2.07. The largest absolute Gasteiger partial charge is 0.342 e. The smallest absolute Gasteiger partial charge is 0.317 e. The third-order valence-corrected chi connectivity index (χ3v) is 5.65. The maximum absolute atomic E-state index is 12.4. The molecule has 1 unspecified atom stereocenters. The van der Waals surface area contributed by atoms with Crippen molar-refractivity contribution in [2.75, 3.05) is 25.4 Å². The minimum absolute atomic E-state index is 0.0186. The summed E-state index contributed by atoms with van der Waals surface area (Å²) in [4.78, 5) is 22.4. The van der Waals surface area contributed by atoms with E-state index in [0.717, 1.165) is 60.0 Å². The van der Waals surface area contributed by atoms with Crippen molar-refractivity contribution in [3.8, 4) is 0 Å². The average molecular weight is 385 g/mol. The van der Waals surface area contributed by atoms with Gasteiger partial charge in [0, 0.05) is 31.8 Å². The number of para-hydroxylation sites is 2. The zero-order valence-electron chi connectivity index (χ0n) is 15.0. The molecule has 1 fully saturated rings. The molecular weight excluding hydrogens is 362 g/mol. The van der Waals surface area contributed by atoms with Gasteiger partial charge >= 0.3 is 6.03 Å². The lowest BCUT2D eigenvalue weighted by molar-refractivity contribution is 0.165. The van der Waals surface area contributed by atoms with Gasteiger partial charge in [-0.25, -0.2) is 9.78 Å². The fourth-order valence-corrected chi connectivity index (χ4v) is 4.12. The molecule has 1 aliphatic rings. The Morgan fingerprint density at radius 3 is 3.15 bits per heavy atom. The second-order valence-corrected chi connectivity index (χ2v) is 7.86. The van der Waals surface area contributed by atoms with Crippen LogP contribution in [0, 0.1) is 5.92 Å². The Morgan fingerprint density at radius 2 is 2.30 bits per heavy atom. The lowest BCUT2D eigenvalue weighted by Crippen LogP contribution is -2.46. The molecule has 3 aromatic rings. The van der Waals surface area contributed by atoms with E-state index < -0.39 is 0 Å². The van der Waals surface area contributed by atoms with Gasteiger partial charge in [0.15, 0.2) is 0 Å². The second-order valence-electron chi connectivity index (χ2n) is 6.75. The van der Waals surface area contributed by atoms with E-state index in [1.54, 1.807) is 18.0 Å². The van der Waals surface area contributed by atoms with Gasteiger partial charge in [-0.1, -0.05) is 12.1 Å². The first kappa shape index (κ1) is 17.8. The fraction of sp³-hybridized carbons (Fsp3) is 0.444. The Kier molecular flexibility index (Phi) is 5.57. The number of benzene rings is 1. The van der Waals surface area contributed by atoms with E-state index in [2.05, 4.69) is 30.7 Å². The Bertz CT molecular complexity index is 846. The number of urea groups is 1. The first-order valence-corrected chi connectivity index (χ1v) is 10.2. The molecule has 4 rings (SSSR count). The fourth-order valence-electron chi connectivity index (χ4n) is 3.48. The number of aromatic amines is 2. The molecule has 8 nitrogen and oxygen atoms in total. The van der Waals surface area contributed by atoms with Crippen LogP contribution in [0.15, 0.2) is 35.5 Å². The highest BCUT2D eigenvalue weighted by Gasteiger charge is 2.24. The summed E-state index contributed by atoms with van der Waals surface area (Å²) in [7, 11) is 0. The Morgan fingerprint density at radius 1 is 1.37 bits per heavy atom. The first-order valence-electron chi connectivity index (χ1n) is 9.23. The third kappa shape index (κ3) is 4.60. The van der Waals surface area contributed by atoms with Crippen LogP contribution in [-0.2, 0) is 6.42 Å². The number of fused-ring (bicyclic) bond motifs is 1. The number of carbonyl (C=O) groups is 1. The maximum Gasteiger partial charge on any atom is 0.317 e. The minimum atomic E-state index is 0.0186. The predicted octanol–water partition coefficient (Wildman–Crippen LogP) is 2.44. The molecule has 142 valence electrons. The first-order chi connectivity index (χ1) is 13.3. The number of thioether (sulfide) groups is 1. The number of hydrogen-bond donors (Lipinski definition) is 3. The number of piperidine rings is 1. The topological polar surface area (TPSA) is 103 Å². The molecule has 0 aliphatic carbocycles. The van der Waals surface area contributed by atoms with Crippen molar-refractivity contribution >= 4 is 28.8 Å². The zero-order valence-corrected chi connectivity index (χ0v) is 15.8. The van der Waals surface area contributed by atoms with Crippen LogP contribution >= 0.6 is 11.8 Å². The average Bonchev–Trinajstić information content (AvgIpc) is 3.34. The molecule has 0 bridgehead atoms. The number of carbonyl (C=O) groups excluding carboxylic acids is 1. The number of aromatic nitrogens is 5. The summed E-state index contributed by atoms with van der Waals surface area (Å²) >= 11 is 1.57. The van der Waals surface area contributed by atoms with E-state index in [1.807, 2.05) is 29.2 Å². The molecule has 0 spiro atoms. The maximum atomic E-state index is 12.4. The van der Waals surface area contributed by atoms with E-state index in [4.69, 9.17) is 0 Å². The van der Waals surface area contributed by atoms with Crippen LogP contribution < -0.4 is 5.32 Å². The predicted molar refractivity (Wildman–Crippen MR) is 105 cm³/mol. The van der Waals surface area contributed by atoms with Crippen molar-refractivity contribution in [3.05, 3.63) is 36.3 Å². The Hall–Kier alpha value is -2.55.